The molecule has 6 unspecified atom stereocenters. The van der Waals surface area contributed by atoms with Gasteiger partial charge in [-0.15, -0.1) is 0 Å². The fourth-order valence-corrected chi connectivity index (χ4v) is 13.0. The van der Waals surface area contributed by atoms with E-state index in [1.807, 2.05) is 0 Å². The first-order valence-corrected chi connectivity index (χ1v) is 14.0. The quantitative estimate of drug-likeness (QED) is 0.390. The third-order valence-corrected chi connectivity index (χ3v) is 14.3. The van der Waals surface area contributed by atoms with Crippen molar-refractivity contribution in [3.8, 4) is 0 Å². The molecule has 2 aliphatic heterocycles. The highest BCUT2D eigenvalue weighted by molar-refractivity contribution is 7.64. The maximum Gasteiger partial charge on any atom is 0.00923 e. The monoisotopic (exact) mass is 410 g/mol. The van der Waals surface area contributed by atoms with Crippen LogP contribution < -0.4 is 0 Å². The first-order valence-electron chi connectivity index (χ1n) is 10.8. The van der Waals surface area contributed by atoms with Crippen LogP contribution in [-0.4, -0.2) is 34.0 Å². The van der Waals surface area contributed by atoms with Crippen molar-refractivity contribution in [2.75, 3.05) is 12.3 Å². The van der Waals surface area contributed by atoms with Gasteiger partial charge in [0.1, 0.15) is 0 Å². The van der Waals surface area contributed by atoms with E-state index in [1.54, 1.807) is 11.1 Å². The van der Waals surface area contributed by atoms with Crippen LogP contribution in [0.15, 0.2) is 71.9 Å². The lowest BCUT2D eigenvalue weighted by Crippen LogP contribution is -2.46. The summed E-state index contributed by atoms with van der Waals surface area (Å²) < 4.78 is 0. The molecule has 0 N–H and O–H groups in total. The lowest BCUT2D eigenvalue weighted by molar-refractivity contribution is 0.557. The van der Waals surface area contributed by atoms with Gasteiger partial charge in [0.25, 0.3) is 0 Å². The first-order chi connectivity index (χ1) is 13.2. The zero-order valence-electron chi connectivity index (χ0n) is 18.4. The van der Waals surface area contributed by atoms with Gasteiger partial charge in [-0.3, -0.25) is 0 Å². The van der Waals surface area contributed by atoms with Gasteiger partial charge in [-0.05, 0) is 45.1 Å². The number of rotatable bonds is 1. The van der Waals surface area contributed by atoms with E-state index in [0.29, 0.717) is 22.1 Å². The molecule has 2 aliphatic carbocycles. The zero-order chi connectivity index (χ0) is 20.1. The van der Waals surface area contributed by atoms with Gasteiger partial charge in [-0.2, -0.15) is 0 Å². The van der Waals surface area contributed by atoms with Crippen molar-refractivity contribution in [1.29, 1.82) is 0 Å². The molecule has 0 radical (unpaired) electrons. The van der Waals surface area contributed by atoms with E-state index in [9.17, 15) is 0 Å². The Labute approximate surface area is 175 Å². The highest BCUT2D eigenvalue weighted by atomic mass is 31.1. The van der Waals surface area contributed by atoms with Crippen molar-refractivity contribution in [2.24, 2.45) is 11.8 Å². The molecule has 2 heterocycles. The summed E-state index contributed by atoms with van der Waals surface area (Å²) in [5.41, 5.74) is 4.74. The van der Waals surface area contributed by atoms with Crippen LogP contribution >= 0.6 is 15.8 Å². The molecular formula is C26H36P2. The Morgan fingerprint density at radius 1 is 0.643 bits per heavy atom. The fourth-order valence-electron chi connectivity index (χ4n) is 5.45. The Balaban J connectivity index is 1.85. The van der Waals surface area contributed by atoms with Gasteiger partial charge in [0, 0.05) is 11.8 Å². The summed E-state index contributed by atoms with van der Waals surface area (Å²) in [5, 5.41) is 0.789. The van der Waals surface area contributed by atoms with Crippen LogP contribution in [0.3, 0.4) is 0 Å². The van der Waals surface area contributed by atoms with E-state index in [-0.39, 0.29) is 15.8 Å². The molecule has 0 amide bonds. The normalized spacial score (nSPS) is 37.2. The second-order valence-electron chi connectivity index (χ2n) is 10.6. The van der Waals surface area contributed by atoms with E-state index in [1.165, 1.54) is 12.3 Å². The average molecular weight is 411 g/mol. The number of fused-ring (bicyclic) bond motifs is 2. The third kappa shape index (κ3) is 3.73. The number of allylic oxidation sites excluding steroid dienone is 12. The van der Waals surface area contributed by atoms with Crippen molar-refractivity contribution < 1.29 is 0 Å². The van der Waals surface area contributed by atoms with Crippen molar-refractivity contribution >= 4 is 15.8 Å². The van der Waals surface area contributed by atoms with E-state index in [4.69, 9.17) is 0 Å². The van der Waals surface area contributed by atoms with Crippen molar-refractivity contribution in [1.82, 2.24) is 0 Å². The van der Waals surface area contributed by atoms with Gasteiger partial charge < -0.3 is 0 Å². The van der Waals surface area contributed by atoms with Gasteiger partial charge >= 0.3 is 0 Å². The Kier molecular flexibility index (Phi) is 5.53. The molecule has 4 aliphatic rings. The molecule has 0 aromatic carbocycles. The maximum absolute atomic E-state index is 2.58. The van der Waals surface area contributed by atoms with Gasteiger partial charge in [-0.25, -0.2) is 0 Å². The summed E-state index contributed by atoms with van der Waals surface area (Å²) in [6.45, 7) is 15.0. The van der Waals surface area contributed by atoms with Crippen LogP contribution in [0.5, 0.6) is 0 Å². The Hall–Kier alpha value is -0.700. The lowest BCUT2D eigenvalue weighted by atomic mass is 9.82. The van der Waals surface area contributed by atoms with E-state index in [2.05, 4.69) is 102 Å². The van der Waals surface area contributed by atoms with Crippen LogP contribution in [-0.2, 0) is 0 Å². The molecule has 150 valence electrons. The van der Waals surface area contributed by atoms with Gasteiger partial charge in [-0.1, -0.05) is 118 Å². The fraction of sp³-hybridized carbons (Fsp3) is 0.538. The molecule has 4 rings (SSSR count). The van der Waals surface area contributed by atoms with Gasteiger partial charge in [0.2, 0.25) is 0 Å². The average Bonchev–Trinajstić information content (AvgIpc) is 2.64. The molecular weight excluding hydrogens is 374 g/mol. The standard InChI is InChI=1S/C26H36P2/c1-25(2,3)27-17-15-19-11-7-9-13-21(19)23(27)24-22-14-10-8-12-20(22)16-18-28(24)26(4,5)6/h7-16,21-24H,17-18H2,1-6H3. The summed E-state index contributed by atoms with van der Waals surface area (Å²) in [6, 6.07) is 0. The van der Waals surface area contributed by atoms with Crippen LogP contribution in [0.25, 0.3) is 0 Å². The van der Waals surface area contributed by atoms with E-state index < -0.39 is 0 Å². The Bertz CT molecular complexity index is 723. The zero-order valence-corrected chi connectivity index (χ0v) is 20.2. The smallest absolute Gasteiger partial charge is 0.00923 e. The maximum atomic E-state index is 2.58. The molecule has 0 bridgehead atoms. The van der Waals surface area contributed by atoms with Crippen molar-refractivity contribution in [2.45, 2.75) is 63.2 Å². The summed E-state index contributed by atoms with van der Waals surface area (Å²) in [7, 11) is -0.159. The van der Waals surface area contributed by atoms with Gasteiger partial charge in [0.05, 0.1) is 0 Å². The highest BCUT2D eigenvalue weighted by Gasteiger charge is 2.50. The second-order valence-corrected chi connectivity index (χ2v) is 17.1. The molecule has 0 saturated heterocycles. The highest BCUT2D eigenvalue weighted by Crippen LogP contribution is 2.70. The Morgan fingerprint density at radius 2 is 1.04 bits per heavy atom. The van der Waals surface area contributed by atoms with E-state index in [0.717, 1.165) is 11.3 Å². The van der Waals surface area contributed by atoms with Crippen LogP contribution in [0.4, 0.5) is 0 Å². The van der Waals surface area contributed by atoms with Crippen molar-refractivity contribution in [3.05, 3.63) is 71.9 Å². The molecule has 28 heavy (non-hydrogen) atoms. The van der Waals surface area contributed by atoms with Crippen LogP contribution in [0, 0.1) is 11.8 Å². The van der Waals surface area contributed by atoms with E-state index >= 15 is 0 Å². The Morgan fingerprint density at radius 3 is 1.39 bits per heavy atom. The molecule has 6 atom stereocenters. The summed E-state index contributed by atoms with van der Waals surface area (Å²) >= 11 is 0. The van der Waals surface area contributed by atoms with Gasteiger partial charge in [0.15, 0.2) is 0 Å². The topological polar surface area (TPSA) is 0 Å². The predicted molar refractivity (Wildman–Crippen MR) is 130 cm³/mol. The number of hydrogen-bond donors (Lipinski definition) is 0. The minimum absolute atomic E-state index is 0.0793. The van der Waals surface area contributed by atoms with Crippen molar-refractivity contribution in [3.63, 3.8) is 0 Å². The third-order valence-electron chi connectivity index (χ3n) is 6.78. The molecule has 0 spiro atoms. The molecule has 0 saturated carbocycles. The molecule has 0 aromatic rings. The largest absolute Gasteiger partial charge is 0.0925 e. The first kappa shape index (κ1) is 20.6. The second kappa shape index (κ2) is 7.52. The molecule has 0 aromatic heterocycles. The summed E-state index contributed by atoms with van der Waals surface area (Å²) in [4.78, 5) is 0. The molecule has 0 fully saturated rings. The predicted octanol–water partition coefficient (Wildman–Crippen LogP) is 7.65. The lowest BCUT2D eigenvalue weighted by Gasteiger charge is -2.55. The molecule has 0 nitrogen and oxygen atoms in total. The summed E-state index contributed by atoms with van der Waals surface area (Å²) in [5.74, 6) is 1.22. The van der Waals surface area contributed by atoms with Crippen LogP contribution in [0.2, 0.25) is 0 Å². The SMILES string of the molecule is CC(C)(C)P1CC=C2C=CC=CC2C1C1C2C=CC=CC2=CCP1C(C)(C)C. The summed E-state index contributed by atoms with van der Waals surface area (Å²) in [6.07, 6.45) is 26.7. The number of hydrogen-bond acceptors (Lipinski definition) is 0. The minimum Gasteiger partial charge on any atom is -0.0925 e. The molecule has 2 heteroatoms. The van der Waals surface area contributed by atoms with Crippen LogP contribution in [0.1, 0.15) is 41.5 Å². The minimum atomic E-state index is -0.0793.